The van der Waals surface area contributed by atoms with E-state index in [9.17, 15) is 4.79 Å². The predicted molar refractivity (Wildman–Crippen MR) is 101 cm³/mol. The first-order valence-corrected chi connectivity index (χ1v) is 9.49. The summed E-state index contributed by atoms with van der Waals surface area (Å²) in [7, 11) is 0. The van der Waals surface area contributed by atoms with E-state index in [-0.39, 0.29) is 18.1 Å². The lowest BCUT2D eigenvalue weighted by molar-refractivity contribution is 0.163. The molecule has 0 radical (unpaired) electrons. The SMILES string of the molecule is Cc1cccc(-c2noc(CN(C(=O)NC3CCCCC3)C(C)C)n2)c1. The summed E-state index contributed by atoms with van der Waals surface area (Å²) in [6.07, 6.45) is 5.78. The van der Waals surface area contributed by atoms with E-state index >= 15 is 0 Å². The quantitative estimate of drug-likeness (QED) is 0.867. The Hall–Kier alpha value is -2.37. The van der Waals surface area contributed by atoms with E-state index in [4.69, 9.17) is 4.52 Å². The molecule has 0 aliphatic heterocycles. The lowest BCUT2D eigenvalue weighted by Crippen LogP contribution is -2.47. The number of nitrogens with zero attached hydrogens (tertiary/aromatic N) is 3. The van der Waals surface area contributed by atoms with Crippen LogP contribution in [0.15, 0.2) is 28.8 Å². The molecule has 2 amide bonds. The third-order valence-electron chi connectivity index (χ3n) is 4.87. The number of carbonyl (C=O) groups is 1. The average Bonchev–Trinajstić information content (AvgIpc) is 3.09. The summed E-state index contributed by atoms with van der Waals surface area (Å²) >= 11 is 0. The number of rotatable bonds is 5. The van der Waals surface area contributed by atoms with Crippen LogP contribution < -0.4 is 5.32 Å². The number of benzene rings is 1. The molecule has 1 saturated carbocycles. The molecule has 3 rings (SSSR count). The van der Waals surface area contributed by atoms with Crippen molar-refractivity contribution in [3.8, 4) is 11.4 Å². The van der Waals surface area contributed by atoms with Gasteiger partial charge in [0, 0.05) is 17.6 Å². The Morgan fingerprint density at radius 1 is 1.31 bits per heavy atom. The highest BCUT2D eigenvalue weighted by Crippen LogP contribution is 2.20. The standard InChI is InChI=1S/C20H28N4O2/c1-14(2)24(20(25)21-17-10-5-4-6-11-17)13-18-22-19(23-26-18)16-9-7-8-15(3)12-16/h7-9,12,14,17H,4-6,10-11,13H2,1-3H3,(H,21,25). The Kier molecular flexibility index (Phi) is 5.91. The fraction of sp³-hybridized carbons (Fsp3) is 0.550. The molecule has 1 aromatic heterocycles. The second kappa shape index (κ2) is 8.34. The zero-order valence-electron chi connectivity index (χ0n) is 15.9. The maximum absolute atomic E-state index is 12.7. The molecule has 0 spiro atoms. The molecule has 26 heavy (non-hydrogen) atoms. The van der Waals surface area contributed by atoms with Crippen LogP contribution in [0.3, 0.4) is 0 Å². The molecule has 1 fully saturated rings. The van der Waals surface area contributed by atoms with Crippen molar-refractivity contribution in [2.24, 2.45) is 0 Å². The topological polar surface area (TPSA) is 71.3 Å². The maximum Gasteiger partial charge on any atom is 0.318 e. The van der Waals surface area contributed by atoms with Crippen LogP contribution in [0.1, 0.15) is 57.4 Å². The van der Waals surface area contributed by atoms with Crippen molar-refractivity contribution in [3.05, 3.63) is 35.7 Å². The molecule has 0 saturated heterocycles. The minimum Gasteiger partial charge on any atom is -0.337 e. The highest BCUT2D eigenvalue weighted by Gasteiger charge is 2.24. The minimum atomic E-state index is -0.0535. The van der Waals surface area contributed by atoms with Gasteiger partial charge in [0.1, 0.15) is 6.54 Å². The first-order valence-electron chi connectivity index (χ1n) is 9.49. The van der Waals surface area contributed by atoms with E-state index < -0.39 is 0 Å². The Morgan fingerprint density at radius 2 is 2.08 bits per heavy atom. The van der Waals surface area contributed by atoms with Crippen molar-refractivity contribution in [1.29, 1.82) is 0 Å². The van der Waals surface area contributed by atoms with Gasteiger partial charge in [0.05, 0.1) is 0 Å². The third-order valence-corrected chi connectivity index (χ3v) is 4.87. The maximum atomic E-state index is 12.7. The average molecular weight is 356 g/mol. The molecular weight excluding hydrogens is 328 g/mol. The van der Waals surface area contributed by atoms with E-state index in [1.165, 1.54) is 19.3 Å². The number of aryl methyl sites for hydroxylation is 1. The third kappa shape index (κ3) is 4.62. The molecule has 1 aromatic carbocycles. The van der Waals surface area contributed by atoms with Crippen molar-refractivity contribution < 1.29 is 9.32 Å². The van der Waals surface area contributed by atoms with Crippen LogP contribution in [0, 0.1) is 6.92 Å². The molecular formula is C20H28N4O2. The number of urea groups is 1. The molecule has 1 N–H and O–H groups in total. The zero-order chi connectivity index (χ0) is 18.5. The second-order valence-corrected chi connectivity index (χ2v) is 7.39. The van der Waals surface area contributed by atoms with Crippen molar-refractivity contribution >= 4 is 6.03 Å². The Labute approximate surface area is 155 Å². The van der Waals surface area contributed by atoms with E-state index in [0.29, 0.717) is 18.3 Å². The Morgan fingerprint density at radius 3 is 2.77 bits per heavy atom. The van der Waals surface area contributed by atoms with Gasteiger partial charge in [-0.05, 0) is 39.7 Å². The van der Waals surface area contributed by atoms with Crippen molar-refractivity contribution in [2.45, 2.75) is 71.5 Å². The van der Waals surface area contributed by atoms with Gasteiger partial charge in [-0.1, -0.05) is 48.2 Å². The number of aromatic nitrogens is 2. The predicted octanol–water partition coefficient (Wildman–Crippen LogP) is 4.30. The van der Waals surface area contributed by atoms with Gasteiger partial charge in [0.25, 0.3) is 0 Å². The number of carbonyl (C=O) groups excluding carboxylic acids is 1. The van der Waals surface area contributed by atoms with Crippen LogP contribution in [0.5, 0.6) is 0 Å². The molecule has 2 aromatic rings. The fourth-order valence-corrected chi connectivity index (χ4v) is 3.36. The van der Waals surface area contributed by atoms with E-state index in [0.717, 1.165) is 24.0 Å². The summed E-state index contributed by atoms with van der Waals surface area (Å²) in [6, 6.07) is 8.25. The molecule has 140 valence electrons. The minimum absolute atomic E-state index is 0.0490. The van der Waals surface area contributed by atoms with Crippen LogP contribution in [-0.2, 0) is 6.54 Å². The van der Waals surface area contributed by atoms with Gasteiger partial charge in [0.2, 0.25) is 11.7 Å². The molecule has 6 nitrogen and oxygen atoms in total. The second-order valence-electron chi connectivity index (χ2n) is 7.39. The van der Waals surface area contributed by atoms with Gasteiger partial charge in [-0.25, -0.2) is 4.79 Å². The van der Waals surface area contributed by atoms with E-state index in [1.54, 1.807) is 4.90 Å². The Bertz CT molecular complexity index is 735. The number of amides is 2. The summed E-state index contributed by atoms with van der Waals surface area (Å²) in [4.78, 5) is 18.9. The van der Waals surface area contributed by atoms with Gasteiger partial charge in [-0.15, -0.1) is 0 Å². The summed E-state index contributed by atoms with van der Waals surface area (Å²) in [5.41, 5.74) is 2.06. The first kappa shape index (κ1) is 18.4. The largest absolute Gasteiger partial charge is 0.337 e. The fourth-order valence-electron chi connectivity index (χ4n) is 3.36. The summed E-state index contributed by atoms with van der Waals surface area (Å²) in [5.74, 6) is 1.01. The van der Waals surface area contributed by atoms with Gasteiger partial charge >= 0.3 is 6.03 Å². The van der Waals surface area contributed by atoms with Gasteiger partial charge < -0.3 is 14.7 Å². The summed E-state index contributed by atoms with van der Waals surface area (Å²) < 4.78 is 5.40. The van der Waals surface area contributed by atoms with E-state index in [2.05, 4.69) is 15.5 Å². The van der Waals surface area contributed by atoms with Crippen LogP contribution in [0.4, 0.5) is 4.79 Å². The first-order chi connectivity index (χ1) is 12.5. The van der Waals surface area contributed by atoms with Crippen molar-refractivity contribution in [3.63, 3.8) is 0 Å². The summed E-state index contributed by atoms with van der Waals surface area (Å²) in [5, 5.41) is 7.23. The van der Waals surface area contributed by atoms with Crippen LogP contribution in [-0.4, -0.2) is 33.2 Å². The molecule has 1 aliphatic carbocycles. The van der Waals surface area contributed by atoms with E-state index in [1.807, 2.05) is 45.0 Å². The lowest BCUT2D eigenvalue weighted by atomic mass is 9.96. The zero-order valence-corrected chi connectivity index (χ0v) is 15.9. The molecule has 1 heterocycles. The summed E-state index contributed by atoms with van der Waals surface area (Å²) in [6.45, 7) is 6.34. The monoisotopic (exact) mass is 356 g/mol. The number of nitrogens with one attached hydrogen (secondary N) is 1. The Balaban J connectivity index is 1.67. The number of hydrogen-bond acceptors (Lipinski definition) is 4. The van der Waals surface area contributed by atoms with Crippen LogP contribution in [0.2, 0.25) is 0 Å². The smallest absolute Gasteiger partial charge is 0.318 e. The molecule has 0 unspecified atom stereocenters. The lowest BCUT2D eigenvalue weighted by Gasteiger charge is -2.29. The molecule has 1 aliphatic rings. The molecule has 6 heteroatoms. The van der Waals surface area contributed by atoms with Crippen molar-refractivity contribution in [1.82, 2.24) is 20.4 Å². The van der Waals surface area contributed by atoms with Crippen molar-refractivity contribution in [2.75, 3.05) is 0 Å². The highest BCUT2D eigenvalue weighted by molar-refractivity contribution is 5.74. The van der Waals surface area contributed by atoms with Crippen LogP contribution in [0.25, 0.3) is 11.4 Å². The molecule has 0 bridgehead atoms. The van der Waals surface area contributed by atoms with Gasteiger partial charge in [-0.2, -0.15) is 4.98 Å². The molecule has 0 atom stereocenters. The van der Waals surface area contributed by atoms with Gasteiger partial charge in [0.15, 0.2) is 0 Å². The van der Waals surface area contributed by atoms with Gasteiger partial charge in [-0.3, -0.25) is 0 Å². The number of hydrogen-bond donors (Lipinski definition) is 1. The van der Waals surface area contributed by atoms with Crippen LogP contribution >= 0.6 is 0 Å². The normalized spacial score (nSPS) is 15.2. The highest BCUT2D eigenvalue weighted by atomic mass is 16.5.